The lowest BCUT2D eigenvalue weighted by Crippen LogP contribution is -2.18. The van der Waals surface area contributed by atoms with Crippen molar-refractivity contribution in [1.29, 1.82) is 0 Å². The third-order valence-corrected chi connectivity index (χ3v) is 3.63. The van der Waals surface area contributed by atoms with Gasteiger partial charge in [-0.25, -0.2) is 12.8 Å². The number of anilines is 2. The molecule has 8 heteroatoms. The van der Waals surface area contributed by atoms with Gasteiger partial charge in [-0.2, -0.15) is 0 Å². The Morgan fingerprint density at radius 1 is 1.47 bits per heavy atom. The minimum Gasteiger partial charge on any atom is -0.469 e. The van der Waals surface area contributed by atoms with Crippen LogP contribution in [0.15, 0.2) is 18.2 Å². The Morgan fingerprint density at radius 3 is 2.79 bits per heavy atom. The number of rotatable bonds is 6. The SMILES string of the molecule is COC(=O)CCCS(=O)(=O)Nc1cc(N)ccc1F. The number of sulfonamides is 1. The van der Waals surface area contributed by atoms with Gasteiger partial charge in [0, 0.05) is 12.1 Å². The number of hydrogen-bond acceptors (Lipinski definition) is 5. The number of nitrogen functional groups attached to an aromatic ring is 1. The Kier molecular flexibility index (Phi) is 5.11. The molecule has 0 atom stereocenters. The van der Waals surface area contributed by atoms with Crippen molar-refractivity contribution in [2.75, 3.05) is 23.3 Å². The molecule has 0 amide bonds. The molecule has 0 aromatic heterocycles. The summed E-state index contributed by atoms with van der Waals surface area (Å²) in [6.07, 6.45) is 0.0722. The first-order valence-corrected chi connectivity index (χ1v) is 7.11. The molecule has 0 unspecified atom stereocenters. The minimum atomic E-state index is -3.73. The minimum absolute atomic E-state index is 0.0170. The highest BCUT2D eigenvalue weighted by Crippen LogP contribution is 2.19. The standard InChI is InChI=1S/C11H15FN2O4S/c1-18-11(15)3-2-6-19(16,17)14-10-7-8(13)4-5-9(10)12/h4-5,7,14H,2-3,6,13H2,1H3. The van der Waals surface area contributed by atoms with E-state index in [0.717, 1.165) is 6.07 Å². The Morgan fingerprint density at radius 2 is 2.16 bits per heavy atom. The van der Waals surface area contributed by atoms with Crippen LogP contribution in [0.25, 0.3) is 0 Å². The zero-order valence-corrected chi connectivity index (χ0v) is 11.2. The zero-order valence-electron chi connectivity index (χ0n) is 10.3. The molecule has 106 valence electrons. The molecule has 3 N–H and O–H groups in total. The maximum Gasteiger partial charge on any atom is 0.305 e. The number of carbonyl (C=O) groups excluding carboxylic acids is 1. The first-order valence-electron chi connectivity index (χ1n) is 5.46. The van der Waals surface area contributed by atoms with E-state index in [-0.39, 0.29) is 30.0 Å². The molecule has 0 bridgehead atoms. The molecule has 0 aliphatic carbocycles. The van der Waals surface area contributed by atoms with Crippen molar-refractivity contribution in [3.8, 4) is 0 Å². The van der Waals surface area contributed by atoms with Gasteiger partial charge in [0.05, 0.1) is 18.6 Å². The molecule has 0 aliphatic heterocycles. The lowest BCUT2D eigenvalue weighted by molar-refractivity contribution is -0.140. The summed E-state index contributed by atoms with van der Waals surface area (Å²) in [5, 5.41) is 0. The number of hydrogen-bond donors (Lipinski definition) is 2. The Labute approximate surface area is 110 Å². The van der Waals surface area contributed by atoms with Crippen LogP contribution >= 0.6 is 0 Å². The van der Waals surface area contributed by atoms with E-state index in [1.807, 2.05) is 0 Å². The third-order valence-electron chi connectivity index (χ3n) is 2.28. The predicted octanol–water partition coefficient (Wildman–Crippen LogP) is 1.10. The molecule has 0 spiro atoms. The van der Waals surface area contributed by atoms with Gasteiger partial charge < -0.3 is 10.5 Å². The zero-order chi connectivity index (χ0) is 14.5. The Bertz CT molecular complexity index is 560. The summed E-state index contributed by atoms with van der Waals surface area (Å²) in [4.78, 5) is 10.8. The van der Waals surface area contributed by atoms with Gasteiger partial charge in [0.1, 0.15) is 5.82 Å². The van der Waals surface area contributed by atoms with E-state index < -0.39 is 21.8 Å². The lowest BCUT2D eigenvalue weighted by atomic mass is 10.3. The topological polar surface area (TPSA) is 98.5 Å². The quantitative estimate of drug-likeness (QED) is 0.604. The fraction of sp³-hybridized carbons (Fsp3) is 0.364. The van der Waals surface area contributed by atoms with E-state index in [2.05, 4.69) is 9.46 Å². The number of carbonyl (C=O) groups is 1. The predicted molar refractivity (Wildman–Crippen MR) is 69.5 cm³/mol. The van der Waals surface area contributed by atoms with E-state index in [9.17, 15) is 17.6 Å². The fourth-order valence-electron chi connectivity index (χ4n) is 1.35. The average Bonchev–Trinajstić information content (AvgIpc) is 2.33. The summed E-state index contributed by atoms with van der Waals surface area (Å²) in [5.41, 5.74) is 5.48. The highest BCUT2D eigenvalue weighted by molar-refractivity contribution is 7.92. The van der Waals surface area contributed by atoms with Crippen LogP contribution in [-0.4, -0.2) is 27.2 Å². The second-order valence-electron chi connectivity index (χ2n) is 3.84. The van der Waals surface area contributed by atoms with E-state index in [0.29, 0.717) is 0 Å². The van der Waals surface area contributed by atoms with Crippen LogP contribution in [0.4, 0.5) is 15.8 Å². The fourth-order valence-corrected chi connectivity index (χ4v) is 2.47. The molecule has 0 heterocycles. The van der Waals surface area contributed by atoms with Crippen LogP contribution < -0.4 is 10.5 Å². The monoisotopic (exact) mass is 290 g/mol. The summed E-state index contributed by atoms with van der Waals surface area (Å²) in [6.45, 7) is 0. The second kappa shape index (κ2) is 6.37. The molecule has 0 fully saturated rings. The molecule has 0 aliphatic rings. The first kappa shape index (κ1) is 15.2. The molecule has 1 rings (SSSR count). The van der Waals surface area contributed by atoms with Crippen LogP contribution in [0.3, 0.4) is 0 Å². The summed E-state index contributed by atoms with van der Waals surface area (Å²) >= 11 is 0. The van der Waals surface area contributed by atoms with Gasteiger partial charge in [0.25, 0.3) is 0 Å². The Balaban J connectivity index is 2.64. The highest BCUT2D eigenvalue weighted by atomic mass is 32.2. The number of esters is 1. The first-order chi connectivity index (χ1) is 8.84. The van der Waals surface area contributed by atoms with Crippen LogP contribution in [0.2, 0.25) is 0 Å². The smallest absolute Gasteiger partial charge is 0.305 e. The summed E-state index contributed by atoms with van der Waals surface area (Å²) in [7, 11) is -2.51. The maximum atomic E-state index is 13.3. The van der Waals surface area contributed by atoms with E-state index >= 15 is 0 Å². The summed E-state index contributed by atoms with van der Waals surface area (Å²) in [5.74, 6) is -1.52. The average molecular weight is 290 g/mol. The van der Waals surface area contributed by atoms with E-state index in [4.69, 9.17) is 5.73 Å². The van der Waals surface area contributed by atoms with Gasteiger partial charge in [-0.1, -0.05) is 0 Å². The number of benzene rings is 1. The molecule has 0 saturated heterocycles. The van der Waals surface area contributed by atoms with Gasteiger partial charge >= 0.3 is 5.97 Å². The van der Waals surface area contributed by atoms with Crippen molar-refractivity contribution in [3.05, 3.63) is 24.0 Å². The molecule has 0 saturated carbocycles. The van der Waals surface area contributed by atoms with Crippen molar-refractivity contribution in [1.82, 2.24) is 0 Å². The summed E-state index contributed by atoms with van der Waals surface area (Å²) in [6, 6.07) is 3.58. The normalized spacial score (nSPS) is 11.1. The largest absolute Gasteiger partial charge is 0.469 e. The highest BCUT2D eigenvalue weighted by Gasteiger charge is 2.14. The molecular weight excluding hydrogens is 275 g/mol. The van der Waals surface area contributed by atoms with Crippen molar-refractivity contribution in [2.45, 2.75) is 12.8 Å². The molecular formula is C11H15FN2O4S. The number of nitrogens with one attached hydrogen (secondary N) is 1. The van der Waals surface area contributed by atoms with Gasteiger partial charge in [0.2, 0.25) is 10.0 Å². The lowest BCUT2D eigenvalue weighted by Gasteiger charge is -2.09. The maximum absolute atomic E-state index is 13.3. The number of nitrogens with two attached hydrogens (primary N) is 1. The third kappa shape index (κ3) is 5.12. The molecule has 1 aromatic carbocycles. The van der Waals surface area contributed by atoms with Crippen molar-refractivity contribution in [3.63, 3.8) is 0 Å². The molecule has 0 radical (unpaired) electrons. The Hall–Kier alpha value is -1.83. The number of ether oxygens (including phenoxy) is 1. The van der Waals surface area contributed by atoms with Crippen LogP contribution in [0.5, 0.6) is 0 Å². The number of halogens is 1. The summed E-state index contributed by atoms with van der Waals surface area (Å²) < 4.78 is 43.1. The van der Waals surface area contributed by atoms with Gasteiger partial charge in [-0.05, 0) is 24.6 Å². The van der Waals surface area contributed by atoms with E-state index in [1.165, 1.54) is 19.2 Å². The van der Waals surface area contributed by atoms with E-state index in [1.54, 1.807) is 0 Å². The van der Waals surface area contributed by atoms with Crippen molar-refractivity contribution in [2.24, 2.45) is 0 Å². The molecule has 6 nitrogen and oxygen atoms in total. The number of methoxy groups -OCH3 is 1. The van der Waals surface area contributed by atoms with Crippen LogP contribution in [0.1, 0.15) is 12.8 Å². The van der Waals surface area contributed by atoms with Gasteiger partial charge in [-0.15, -0.1) is 0 Å². The van der Waals surface area contributed by atoms with Gasteiger partial charge in [-0.3, -0.25) is 9.52 Å². The van der Waals surface area contributed by atoms with Gasteiger partial charge in [0.15, 0.2) is 0 Å². The van der Waals surface area contributed by atoms with Crippen molar-refractivity contribution < 1.29 is 22.3 Å². The molecule has 19 heavy (non-hydrogen) atoms. The van der Waals surface area contributed by atoms with Crippen molar-refractivity contribution >= 4 is 27.4 Å². The molecule has 1 aromatic rings. The van der Waals surface area contributed by atoms with Crippen LogP contribution in [0, 0.1) is 5.82 Å². The second-order valence-corrected chi connectivity index (χ2v) is 5.68. The van der Waals surface area contributed by atoms with Crippen LogP contribution in [-0.2, 0) is 19.6 Å².